The minimum atomic E-state index is 0. The lowest BCUT2D eigenvalue weighted by Gasteiger charge is -2.13. The van der Waals surface area contributed by atoms with E-state index in [9.17, 15) is 4.79 Å². The van der Waals surface area contributed by atoms with Gasteiger partial charge in [-0.25, -0.2) is 0 Å². The number of guanidine groups is 1. The molecule has 0 aliphatic heterocycles. The number of halogens is 1. The maximum atomic E-state index is 12.0. The second kappa shape index (κ2) is 11.6. The van der Waals surface area contributed by atoms with E-state index in [-0.39, 0.29) is 29.9 Å². The van der Waals surface area contributed by atoms with Crippen molar-refractivity contribution in [3.63, 3.8) is 0 Å². The zero-order chi connectivity index (χ0) is 20.6. The summed E-state index contributed by atoms with van der Waals surface area (Å²) in [6.07, 6.45) is 3.14. The van der Waals surface area contributed by atoms with E-state index in [0.717, 1.165) is 31.0 Å². The highest BCUT2D eigenvalue weighted by Gasteiger charge is 2.07. The molecule has 3 aromatic rings. The van der Waals surface area contributed by atoms with Gasteiger partial charge in [0, 0.05) is 58.1 Å². The summed E-state index contributed by atoms with van der Waals surface area (Å²) in [5, 5.41) is 7.95. The lowest BCUT2D eigenvalue weighted by molar-refractivity contribution is 0.0827. The Bertz CT molecular complexity index is 979. The summed E-state index contributed by atoms with van der Waals surface area (Å²) in [6.45, 7) is 2.44. The van der Waals surface area contributed by atoms with Gasteiger partial charge in [-0.15, -0.1) is 24.0 Å². The Kier molecular flexibility index (Phi) is 9.16. The fourth-order valence-electron chi connectivity index (χ4n) is 3.22. The smallest absolute Gasteiger partial charge is 0.253 e. The molecule has 0 fully saturated rings. The predicted octanol–water partition coefficient (Wildman–Crippen LogP) is 3.72. The topological polar surface area (TPSA) is 61.7 Å². The molecule has 6 nitrogen and oxygen atoms in total. The first-order valence-corrected chi connectivity index (χ1v) is 9.87. The molecule has 0 bridgehead atoms. The molecule has 0 saturated heterocycles. The van der Waals surface area contributed by atoms with Gasteiger partial charge in [0.25, 0.3) is 5.91 Å². The van der Waals surface area contributed by atoms with Crippen LogP contribution in [-0.4, -0.2) is 49.0 Å². The van der Waals surface area contributed by atoms with Crippen LogP contribution in [-0.2, 0) is 13.1 Å². The number of rotatable bonds is 7. The van der Waals surface area contributed by atoms with Crippen molar-refractivity contribution in [1.82, 2.24) is 20.1 Å². The first kappa shape index (κ1) is 23.7. The van der Waals surface area contributed by atoms with Crippen LogP contribution in [0.3, 0.4) is 0 Å². The van der Waals surface area contributed by atoms with Crippen molar-refractivity contribution < 1.29 is 4.79 Å². The number of amides is 1. The zero-order valence-corrected chi connectivity index (χ0v) is 20.1. The number of aromatic nitrogens is 1. The van der Waals surface area contributed by atoms with Crippen LogP contribution < -0.4 is 10.6 Å². The molecule has 0 aliphatic rings. The maximum absolute atomic E-state index is 12.0. The minimum absolute atomic E-state index is 0. The second-order valence-corrected chi connectivity index (χ2v) is 7.17. The van der Waals surface area contributed by atoms with Gasteiger partial charge in [0.1, 0.15) is 0 Å². The molecule has 2 N–H and O–H groups in total. The lowest BCUT2D eigenvalue weighted by Crippen LogP contribution is -2.37. The average molecular weight is 519 g/mol. The molecule has 1 heterocycles. The minimum Gasteiger partial charge on any atom is -0.356 e. The lowest BCUT2D eigenvalue weighted by atomic mass is 10.1. The van der Waals surface area contributed by atoms with Crippen molar-refractivity contribution in [1.29, 1.82) is 0 Å². The number of aryl methyl sites for hydroxylation is 1. The maximum Gasteiger partial charge on any atom is 0.253 e. The standard InChI is InChI=1S/C23H29N5O.HI/c1-24-23(26-17-18-9-11-20(12-10-18)22(29)27(2)3)25-14-6-15-28-16-13-19-7-4-5-8-21(19)28;/h4-5,7-13,16H,6,14-15,17H2,1-3H3,(H2,24,25,26);1H. The van der Waals surface area contributed by atoms with Crippen LogP contribution in [0.25, 0.3) is 10.9 Å². The van der Waals surface area contributed by atoms with Gasteiger partial charge in [0.05, 0.1) is 0 Å². The van der Waals surface area contributed by atoms with Crippen LogP contribution in [0.1, 0.15) is 22.3 Å². The number of hydrogen-bond donors (Lipinski definition) is 2. The molecule has 0 spiro atoms. The number of fused-ring (bicyclic) bond motifs is 1. The van der Waals surface area contributed by atoms with Gasteiger partial charge in [-0.3, -0.25) is 9.79 Å². The van der Waals surface area contributed by atoms with E-state index in [1.807, 2.05) is 24.3 Å². The summed E-state index contributed by atoms with van der Waals surface area (Å²) in [5.41, 5.74) is 3.06. The summed E-state index contributed by atoms with van der Waals surface area (Å²) in [5.74, 6) is 0.785. The Balaban J connectivity index is 0.00000320. The normalized spacial score (nSPS) is 11.1. The van der Waals surface area contributed by atoms with Gasteiger partial charge in [-0.2, -0.15) is 0 Å². The van der Waals surface area contributed by atoms with E-state index in [4.69, 9.17) is 0 Å². The summed E-state index contributed by atoms with van der Waals surface area (Å²) >= 11 is 0. The van der Waals surface area contributed by atoms with Gasteiger partial charge in [-0.1, -0.05) is 30.3 Å². The molecule has 0 radical (unpaired) electrons. The Morgan fingerprint density at radius 2 is 1.77 bits per heavy atom. The van der Waals surface area contributed by atoms with Gasteiger partial charge in [0.2, 0.25) is 0 Å². The first-order valence-electron chi connectivity index (χ1n) is 9.87. The van der Waals surface area contributed by atoms with E-state index < -0.39 is 0 Å². The molecule has 7 heteroatoms. The Morgan fingerprint density at radius 3 is 2.47 bits per heavy atom. The summed E-state index contributed by atoms with van der Waals surface area (Å²) in [7, 11) is 5.28. The summed E-state index contributed by atoms with van der Waals surface area (Å²) in [6, 6.07) is 18.2. The number of carbonyl (C=O) groups excluding carboxylic acids is 1. The van der Waals surface area contributed by atoms with E-state index in [2.05, 4.69) is 56.7 Å². The fourth-order valence-corrected chi connectivity index (χ4v) is 3.22. The van der Waals surface area contributed by atoms with E-state index in [1.54, 1.807) is 26.0 Å². The van der Waals surface area contributed by atoms with Gasteiger partial charge < -0.3 is 20.1 Å². The first-order chi connectivity index (χ1) is 14.1. The van der Waals surface area contributed by atoms with Gasteiger partial charge >= 0.3 is 0 Å². The van der Waals surface area contributed by atoms with E-state index in [1.165, 1.54) is 10.9 Å². The highest BCUT2D eigenvalue weighted by molar-refractivity contribution is 14.0. The van der Waals surface area contributed by atoms with E-state index >= 15 is 0 Å². The zero-order valence-electron chi connectivity index (χ0n) is 17.8. The number of para-hydroxylation sites is 1. The average Bonchev–Trinajstić information content (AvgIpc) is 3.16. The third kappa shape index (κ3) is 6.22. The number of carbonyl (C=O) groups is 1. The van der Waals surface area contributed by atoms with Crippen LogP contribution in [0.15, 0.2) is 65.8 Å². The Morgan fingerprint density at radius 1 is 1.03 bits per heavy atom. The molecule has 1 aromatic heterocycles. The number of aliphatic imine (C=N–C) groups is 1. The van der Waals surface area contributed by atoms with E-state index in [0.29, 0.717) is 12.1 Å². The molecule has 3 rings (SSSR count). The Labute approximate surface area is 195 Å². The van der Waals surface area contributed by atoms with Gasteiger partial charge in [0.15, 0.2) is 5.96 Å². The summed E-state index contributed by atoms with van der Waals surface area (Å²) < 4.78 is 2.28. The van der Waals surface area contributed by atoms with Crippen LogP contribution in [0.5, 0.6) is 0 Å². The molecular formula is C23H30IN5O. The molecule has 0 aliphatic carbocycles. The van der Waals surface area contributed by atoms with Crippen molar-refractivity contribution in [3.8, 4) is 0 Å². The number of nitrogens with zero attached hydrogens (tertiary/aromatic N) is 3. The number of benzene rings is 2. The largest absolute Gasteiger partial charge is 0.356 e. The van der Waals surface area contributed by atoms with Crippen molar-refractivity contribution in [3.05, 3.63) is 71.9 Å². The highest BCUT2D eigenvalue weighted by Crippen LogP contribution is 2.15. The van der Waals surface area contributed by atoms with Crippen molar-refractivity contribution in [2.45, 2.75) is 19.5 Å². The third-order valence-electron chi connectivity index (χ3n) is 4.84. The molecule has 160 valence electrons. The SMILES string of the molecule is CN=C(NCCCn1ccc2ccccc21)NCc1ccc(C(=O)N(C)C)cc1.I. The van der Waals surface area contributed by atoms with Gasteiger partial charge in [-0.05, 0) is 41.6 Å². The molecule has 0 atom stereocenters. The second-order valence-electron chi connectivity index (χ2n) is 7.17. The van der Waals surface area contributed by atoms with Crippen LogP contribution in [0, 0.1) is 0 Å². The predicted molar refractivity (Wildman–Crippen MR) is 135 cm³/mol. The molecule has 30 heavy (non-hydrogen) atoms. The fraction of sp³-hybridized carbons (Fsp3) is 0.304. The molecule has 2 aromatic carbocycles. The number of hydrogen-bond acceptors (Lipinski definition) is 2. The summed E-state index contributed by atoms with van der Waals surface area (Å²) in [4.78, 5) is 17.8. The van der Waals surface area contributed by atoms with Crippen molar-refractivity contribution in [2.24, 2.45) is 4.99 Å². The van der Waals surface area contributed by atoms with Crippen LogP contribution in [0.4, 0.5) is 0 Å². The third-order valence-corrected chi connectivity index (χ3v) is 4.84. The van der Waals surface area contributed by atoms with Crippen molar-refractivity contribution in [2.75, 3.05) is 27.7 Å². The molecule has 0 saturated carbocycles. The molecule has 1 amide bonds. The molecule has 0 unspecified atom stereocenters. The van der Waals surface area contributed by atoms with Crippen molar-refractivity contribution >= 4 is 46.7 Å². The Hall–Kier alpha value is -2.55. The quantitative estimate of drug-likeness (QED) is 0.217. The van der Waals surface area contributed by atoms with Crippen LogP contribution in [0.2, 0.25) is 0 Å². The monoisotopic (exact) mass is 519 g/mol. The highest BCUT2D eigenvalue weighted by atomic mass is 127. The van der Waals surface area contributed by atoms with Crippen LogP contribution >= 0.6 is 24.0 Å². The molecular weight excluding hydrogens is 489 g/mol. The number of nitrogens with one attached hydrogen (secondary N) is 2.